The van der Waals surface area contributed by atoms with Gasteiger partial charge in [-0.3, -0.25) is 4.68 Å². The number of hydrogen-bond acceptors (Lipinski definition) is 4. The van der Waals surface area contributed by atoms with Crippen LogP contribution in [-0.2, 0) is 17.8 Å². The summed E-state index contributed by atoms with van der Waals surface area (Å²) in [6, 6.07) is 1.98. The smallest absolute Gasteiger partial charge is 0.407 e. The van der Waals surface area contributed by atoms with E-state index in [0.29, 0.717) is 13.1 Å². The van der Waals surface area contributed by atoms with E-state index in [1.807, 2.05) is 31.5 Å². The molecule has 0 aliphatic heterocycles. The van der Waals surface area contributed by atoms with Crippen molar-refractivity contribution in [2.24, 2.45) is 0 Å². The minimum Gasteiger partial charge on any atom is -0.444 e. The quantitative estimate of drug-likeness (QED) is 0.768. The van der Waals surface area contributed by atoms with E-state index in [9.17, 15) is 4.79 Å². The average Bonchev–Trinajstić information content (AvgIpc) is 2.73. The maximum atomic E-state index is 11.4. The minimum absolute atomic E-state index is 0.382. The molecule has 6 nitrogen and oxygen atoms in total. The Balaban J connectivity index is 2.13. The van der Waals surface area contributed by atoms with E-state index in [-0.39, 0.29) is 6.09 Å². The van der Waals surface area contributed by atoms with Crippen LogP contribution in [0.15, 0.2) is 12.3 Å². The molecule has 0 atom stereocenters. The van der Waals surface area contributed by atoms with E-state index in [0.717, 1.165) is 18.8 Å². The zero-order valence-electron chi connectivity index (χ0n) is 12.2. The van der Waals surface area contributed by atoms with Crippen LogP contribution < -0.4 is 10.6 Å². The number of carbonyl (C=O) groups is 1. The molecule has 108 valence electrons. The molecule has 19 heavy (non-hydrogen) atoms. The van der Waals surface area contributed by atoms with E-state index in [4.69, 9.17) is 4.74 Å². The van der Waals surface area contributed by atoms with E-state index < -0.39 is 5.60 Å². The molecule has 0 saturated heterocycles. The van der Waals surface area contributed by atoms with Gasteiger partial charge in [-0.05, 0) is 33.8 Å². The van der Waals surface area contributed by atoms with E-state index in [2.05, 4.69) is 22.7 Å². The van der Waals surface area contributed by atoms with Gasteiger partial charge in [0.05, 0.1) is 5.69 Å². The number of alkyl carbamates (subject to hydrolysis) is 1. The number of carbonyl (C=O) groups excluding carboxylic acids is 1. The highest BCUT2D eigenvalue weighted by molar-refractivity contribution is 5.67. The maximum Gasteiger partial charge on any atom is 0.407 e. The predicted molar refractivity (Wildman–Crippen MR) is 73.8 cm³/mol. The second-order valence-corrected chi connectivity index (χ2v) is 5.24. The summed E-state index contributed by atoms with van der Waals surface area (Å²) >= 11 is 0. The van der Waals surface area contributed by atoms with Crippen molar-refractivity contribution < 1.29 is 9.53 Å². The first-order valence-electron chi connectivity index (χ1n) is 6.60. The largest absolute Gasteiger partial charge is 0.444 e. The van der Waals surface area contributed by atoms with Crippen molar-refractivity contribution in [2.45, 2.75) is 46.4 Å². The highest BCUT2D eigenvalue weighted by Gasteiger charge is 2.15. The third-order valence-electron chi connectivity index (χ3n) is 2.38. The molecule has 0 aliphatic carbocycles. The highest BCUT2D eigenvalue weighted by atomic mass is 16.6. The first-order valence-corrected chi connectivity index (χ1v) is 6.60. The Hall–Kier alpha value is -1.56. The number of amides is 1. The van der Waals surface area contributed by atoms with E-state index >= 15 is 0 Å². The first kappa shape index (κ1) is 15.5. The average molecular weight is 268 g/mol. The molecule has 1 rings (SSSR count). The Morgan fingerprint density at radius 2 is 2.16 bits per heavy atom. The molecule has 0 spiro atoms. The molecule has 0 unspecified atom stereocenters. The van der Waals surface area contributed by atoms with Crippen molar-refractivity contribution >= 4 is 6.09 Å². The third kappa shape index (κ3) is 6.24. The Bertz CT molecular complexity index is 396. The van der Waals surface area contributed by atoms with Gasteiger partial charge in [0.15, 0.2) is 0 Å². The van der Waals surface area contributed by atoms with Gasteiger partial charge in [0.1, 0.15) is 5.60 Å². The molecule has 1 aromatic heterocycles. The number of ether oxygens (including phenoxy) is 1. The van der Waals surface area contributed by atoms with Gasteiger partial charge < -0.3 is 15.4 Å². The number of hydrogen-bond donors (Lipinski definition) is 2. The molecule has 6 heteroatoms. The number of rotatable bonds is 6. The molecular formula is C13H24N4O2. The fourth-order valence-corrected chi connectivity index (χ4v) is 1.58. The standard InChI is InChI=1S/C13H24N4O2/c1-5-17-11(6-7-16-17)10-14-8-9-15-12(18)19-13(2,3)4/h6-7,14H,5,8-10H2,1-4H3,(H,15,18). The van der Waals surface area contributed by atoms with Crippen LogP contribution in [0.4, 0.5) is 4.79 Å². The molecule has 0 aromatic carbocycles. The topological polar surface area (TPSA) is 68.2 Å². The van der Waals surface area contributed by atoms with Crippen molar-refractivity contribution in [1.82, 2.24) is 20.4 Å². The van der Waals surface area contributed by atoms with Crippen LogP contribution in [-0.4, -0.2) is 34.6 Å². The number of aryl methyl sites for hydroxylation is 1. The molecule has 1 heterocycles. The highest BCUT2D eigenvalue weighted by Crippen LogP contribution is 2.06. The summed E-state index contributed by atoms with van der Waals surface area (Å²) in [5.74, 6) is 0. The molecular weight excluding hydrogens is 244 g/mol. The minimum atomic E-state index is -0.453. The summed E-state index contributed by atoms with van der Waals surface area (Å²) in [6.07, 6.45) is 1.41. The van der Waals surface area contributed by atoms with Crippen LogP contribution in [0, 0.1) is 0 Å². The molecule has 0 fully saturated rings. The monoisotopic (exact) mass is 268 g/mol. The van der Waals surface area contributed by atoms with Gasteiger partial charge in [0.25, 0.3) is 0 Å². The summed E-state index contributed by atoms with van der Waals surface area (Å²) in [6.45, 7) is 10.4. The lowest BCUT2D eigenvalue weighted by Crippen LogP contribution is -2.36. The van der Waals surface area contributed by atoms with Crippen molar-refractivity contribution in [3.8, 4) is 0 Å². The number of nitrogens with zero attached hydrogens (tertiary/aromatic N) is 2. The van der Waals surface area contributed by atoms with E-state index in [1.165, 1.54) is 0 Å². The number of aromatic nitrogens is 2. The van der Waals surface area contributed by atoms with Crippen molar-refractivity contribution in [3.05, 3.63) is 18.0 Å². The molecule has 0 bridgehead atoms. The van der Waals surface area contributed by atoms with Crippen molar-refractivity contribution in [2.75, 3.05) is 13.1 Å². The summed E-state index contributed by atoms with van der Waals surface area (Å²) in [7, 11) is 0. The summed E-state index contributed by atoms with van der Waals surface area (Å²) in [5, 5.41) is 10.1. The lowest BCUT2D eigenvalue weighted by molar-refractivity contribution is 0.0528. The first-order chi connectivity index (χ1) is 8.92. The van der Waals surface area contributed by atoms with Gasteiger partial charge in [0.2, 0.25) is 0 Å². The third-order valence-corrected chi connectivity index (χ3v) is 2.38. The maximum absolute atomic E-state index is 11.4. The van der Waals surface area contributed by atoms with Crippen LogP contribution >= 0.6 is 0 Å². The van der Waals surface area contributed by atoms with Crippen LogP contribution in [0.2, 0.25) is 0 Å². The fraction of sp³-hybridized carbons (Fsp3) is 0.692. The Labute approximate surface area is 114 Å². The fourth-order valence-electron chi connectivity index (χ4n) is 1.58. The van der Waals surface area contributed by atoms with Gasteiger partial charge in [0, 0.05) is 32.4 Å². The Kier molecular flexibility index (Phi) is 5.82. The van der Waals surface area contributed by atoms with Crippen LogP contribution in [0.5, 0.6) is 0 Å². The van der Waals surface area contributed by atoms with Crippen LogP contribution in [0.1, 0.15) is 33.4 Å². The Morgan fingerprint density at radius 3 is 2.79 bits per heavy atom. The van der Waals surface area contributed by atoms with Gasteiger partial charge >= 0.3 is 6.09 Å². The molecule has 0 radical (unpaired) electrons. The number of nitrogens with one attached hydrogen (secondary N) is 2. The van der Waals surface area contributed by atoms with Crippen LogP contribution in [0.25, 0.3) is 0 Å². The predicted octanol–water partition coefficient (Wildman–Crippen LogP) is 1.52. The molecule has 0 saturated carbocycles. The molecule has 0 aliphatic rings. The van der Waals surface area contributed by atoms with Gasteiger partial charge in [-0.1, -0.05) is 0 Å². The van der Waals surface area contributed by atoms with Crippen LogP contribution in [0.3, 0.4) is 0 Å². The second kappa shape index (κ2) is 7.13. The zero-order chi connectivity index (χ0) is 14.3. The SMILES string of the molecule is CCn1nccc1CNCCNC(=O)OC(C)(C)C. The molecule has 2 N–H and O–H groups in total. The zero-order valence-corrected chi connectivity index (χ0v) is 12.2. The van der Waals surface area contributed by atoms with Gasteiger partial charge in [-0.2, -0.15) is 5.10 Å². The summed E-state index contributed by atoms with van der Waals surface area (Å²) in [5.41, 5.74) is 0.685. The van der Waals surface area contributed by atoms with Crippen molar-refractivity contribution in [3.63, 3.8) is 0 Å². The normalized spacial score (nSPS) is 11.4. The summed E-state index contributed by atoms with van der Waals surface area (Å²) in [4.78, 5) is 11.4. The van der Waals surface area contributed by atoms with Crippen molar-refractivity contribution in [1.29, 1.82) is 0 Å². The lowest BCUT2D eigenvalue weighted by atomic mass is 10.2. The lowest BCUT2D eigenvalue weighted by Gasteiger charge is -2.19. The molecule has 1 amide bonds. The molecule has 1 aromatic rings. The Morgan fingerprint density at radius 1 is 1.42 bits per heavy atom. The van der Waals surface area contributed by atoms with Gasteiger partial charge in [-0.15, -0.1) is 0 Å². The summed E-state index contributed by atoms with van der Waals surface area (Å²) < 4.78 is 7.07. The van der Waals surface area contributed by atoms with Gasteiger partial charge in [-0.25, -0.2) is 4.79 Å². The van der Waals surface area contributed by atoms with E-state index in [1.54, 1.807) is 6.20 Å². The second-order valence-electron chi connectivity index (χ2n) is 5.24.